The van der Waals surface area contributed by atoms with Crippen LogP contribution in [0.25, 0.3) is 0 Å². The Morgan fingerprint density at radius 1 is 0.435 bits per heavy atom. The molecule has 0 bridgehead atoms. The van der Waals surface area contributed by atoms with E-state index < -0.39 is 25.9 Å². The normalized spacial score (nSPS) is 14.5. The molecule has 0 aliphatic rings. The third-order valence-electron chi connectivity index (χ3n) is 11.6. The molecule has 3 aromatic carbocycles. The minimum absolute atomic E-state index is 0.123. The second-order valence-corrected chi connectivity index (χ2v) is 18.7. The highest BCUT2D eigenvalue weighted by Gasteiger charge is 2.34. The molecule has 0 aliphatic heterocycles. The summed E-state index contributed by atoms with van der Waals surface area (Å²) in [6.45, 7) is 11.6. The van der Waals surface area contributed by atoms with Gasteiger partial charge in [-0.05, 0) is 36.0 Å². The quantitative estimate of drug-likeness (QED) is 0.0410. The maximum atomic E-state index is 15.1. The summed E-state index contributed by atoms with van der Waals surface area (Å²) in [7, 11) is -4.47. The van der Waals surface area contributed by atoms with Crippen molar-refractivity contribution in [2.24, 2.45) is 17.8 Å². The highest BCUT2D eigenvalue weighted by atomic mass is 31.2. The number of amides is 3. The van der Waals surface area contributed by atoms with Gasteiger partial charge in [-0.25, -0.2) is 4.57 Å². The monoisotopic (exact) mass is 876 g/mol. The molecule has 344 valence electrons. The van der Waals surface area contributed by atoms with Crippen molar-refractivity contribution in [3.63, 3.8) is 0 Å². The van der Waals surface area contributed by atoms with Crippen molar-refractivity contribution in [1.29, 1.82) is 0 Å². The highest BCUT2D eigenvalue weighted by Crippen LogP contribution is 2.51. The summed E-state index contributed by atoms with van der Waals surface area (Å²) in [6, 6.07) is 26.3. The third kappa shape index (κ3) is 20.1. The van der Waals surface area contributed by atoms with Crippen LogP contribution in [0.3, 0.4) is 0 Å². The molecule has 0 saturated heterocycles. The second-order valence-electron chi connectivity index (χ2n) is 17.0. The fourth-order valence-electron chi connectivity index (χ4n) is 7.30. The molecule has 3 amide bonds. The minimum Gasteiger partial charge on any atom is -0.347 e. The van der Waals surface area contributed by atoms with Crippen molar-refractivity contribution in [3.8, 4) is 0 Å². The van der Waals surface area contributed by atoms with Gasteiger partial charge in [-0.15, -0.1) is 0 Å². The topological polar surface area (TPSA) is 132 Å². The molecule has 3 aromatic rings. The molecule has 0 aromatic heterocycles. The maximum absolute atomic E-state index is 15.1. The van der Waals surface area contributed by atoms with Crippen LogP contribution < -0.4 is 16.0 Å². The summed E-state index contributed by atoms with van der Waals surface area (Å²) in [6.07, 6.45) is 15.1. The Labute approximate surface area is 374 Å². The van der Waals surface area contributed by atoms with Crippen LogP contribution in [0.15, 0.2) is 91.0 Å². The molecule has 0 spiro atoms. The van der Waals surface area contributed by atoms with Crippen molar-refractivity contribution in [2.75, 3.05) is 19.8 Å². The molecular formula is C51H78N3O7P. The number of carbonyl (C=O) groups excluding carboxylic acids is 3. The maximum Gasteiger partial charge on any atom is 0.475 e. The number of hydrogen-bond acceptors (Lipinski definition) is 7. The smallest absolute Gasteiger partial charge is 0.347 e. The first-order chi connectivity index (χ1) is 30.0. The average Bonchev–Trinajstić information content (AvgIpc) is 3.30. The van der Waals surface area contributed by atoms with Crippen molar-refractivity contribution < 1.29 is 32.5 Å². The molecule has 10 nitrogen and oxygen atoms in total. The van der Waals surface area contributed by atoms with Crippen LogP contribution in [-0.2, 0) is 32.5 Å². The fourth-order valence-corrected chi connectivity index (χ4v) is 8.51. The van der Waals surface area contributed by atoms with Gasteiger partial charge in [0.25, 0.3) is 0 Å². The van der Waals surface area contributed by atoms with Gasteiger partial charge < -0.3 is 16.0 Å². The summed E-state index contributed by atoms with van der Waals surface area (Å²) in [4.78, 5) is 40.8. The van der Waals surface area contributed by atoms with Crippen molar-refractivity contribution in [2.45, 2.75) is 156 Å². The zero-order chi connectivity index (χ0) is 45.0. The van der Waals surface area contributed by atoms with E-state index in [1.807, 2.05) is 112 Å². The first-order valence-electron chi connectivity index (χ1n) is 23.6. The van der Waals surface area contributed by atoms with Crippen LogP contribution in [0.5, 0.6) is 0 Å². The molecule has 3 rings (SSSR count). The lowest BCUT2D eigenvalue weighted by atomic mass is 10.0. The van der Waals surface area contributed by atoms with E-state index in [1.54, 1.807) is 0 Å². The predicted octanol–water partition coefficient (Wildman–Crippen LogP) is 12.5. The van der Waals surface area contributed by atoms with Gasteiger partial charge in [0.15, 0.2) is 0 Å². The van der Waals surface area contributed by atoms with Gasteiger partial charge >= 0.3 is 7.82 Å². The number of phosphoric acid groups is 1. The summed E-state index contributed by atoms with van der Waals surface area (Å²) in [5.74, 6) is -1.06. The first-order valence-corrected chi connectivity index (χ1v) is 25.1. The van der Waals surface area contributed by atoms with E-state index in [0.29, 0.717) is 0 Å². The number of rotatable bonds is 33. The number of nitrogens with one attached hydrogen (secondary N) is 3. The Kier molecular flexibility index (Phi) is 25.7. The third-order valence-corrected chi connectivity index (χ3v) is 13.0. The van der Waals surface area contributed by atoms with Gasteiger partial charge in [0.1, 0.15) is 0 Å². The lowest BCUT2D eigenvalue weighted by Gasteiger charge is -2.28. The lowest BCUT2D eigenvalue weighted by molar-refractivity contribution is -0.126. The van der Waals surface area contributed by atoms with Gasteiger partial charge in [-0.1, -0.05) is 210 Å². The number of benzene rings is 3. The molecule has 62 heavy (non-hydrogen) atoms. The zero-order valence-corrected chi connectivity index (χ0v) is 39.6. The minimum atomic E-state index is -4.47. The summed E-state index contributed by atoms with van der Waals surface area (Å²) >= 11 is 0. The van der Waals surface area contributed by atoms with E-state index in [4.69, 9.17) is 13.6 Å². The molecule has 0 heterocycles. The SMILES string of the molecule is CCCCCC[C@@H](C)C(=O)N[C@@H](COP(=O)(OC[C@H](NC(=O)[C@H](C)CCCCCC)c1ccccc1)OC[C@H](NC(=O)[C@H](C)CCCCCC)c1ccccc1)c1ccccc1. The number of hydrogen-bond donors (Lipinski definition) is 3. The van der Waals surface area contributed by atoms with Gasteiger partial charge in [-0.2, -0.15) is 0 Å². The van der Waals surface area contributed by atoms with Crippen molar-refractivity contribution in [3.05, 3.63) is 108 Å². The van der Waals surface area contributed by atoms with Gasteiger partial charge in [-0.3, -0.25) is 28.0 Å². The molecule has 11 heteroatoms. The first kappa shape index (κ1) is 52.5. The Hall–Kier alpha value is -3.82. The van der Waals surface area contributed by atoms with Crippen LogP contribution in [0.1, 0.15) is 173 Å². The van der Waals surface area contributed by atoms with Gasteiger partial charge in [0, 0.05) is 17.8 Å². The fraction of sp³-hybridized carbons (Fsp3) is 0.588. The largest absolute Gasteiger partial charge is 0.475 e. The van der Waals surface area contributed by atoms with Crippen molar-refractivity contribution >= 4 is 25.5 Å². The zero-order valence-electron chi connectivity index (χ0n) is 38.7. The molecule has 0 unspecified atom stereocenters. The van der Waals surface area contributed by atoms with E-state index in [9.17, 15) is 14.4 Å². The summed E-state index contributed by atoms with van der Waals surface area (Å²) < 4.78 is 33.8. The second kappa shape index (κ2) is 30.3. The molecular weight excluding hydrogens is 798 g/mol. The predicted molar refractivity (Wildman–Crippen MR) is 251 cm³/mol. The summed E-state index contributed by atoms with van der Waals surface area (Å²) in [5.41, 5.74) is 2.32. The Bertz CT molecular complexity index is 1520. The average molecular weight is 876 g/mol. The number of phosphoric ester groups is 1. The standard InChI is InChI=1S/C51H78N3O7P/c1-7-10-13-19-28-40(4)49(55)52-46(43-31-22-16-23-32-43)37-59-62(58,60-38-47(44-33-24-17-25-34-44)53-50(56)41(5)29-20-14-11-8-2)61-39-48(45-35-26-18-27-36-45)54-51(57)42(6)30-21-15-12-9-3/h16-18,22-27,31-36,40-42,46-48H,7-15,19-21,28-30,37-39H2,1-6H3,(H,52,55)(H,53,56)(H,54,57)/t40-,41-,42-,46+,47+,48+/m1/s1. The van der Waals surface area contributed by atoms with E-state index >= 15 is 4.57 Å². The van der Waals surface area contributed by atoms with Gasteiger partial charge in [0.2, 0.25) is 17.7 Å². The van der Waals surface area contributed by atoms with E-state index in [-0.39, 0.29) is 55.3 Å². The van der Waals surface area contributed by atoms with Crippen molar-refractivity contribution in [1.82, 2.24) is 16.0 Å². The number of unbranched alkanes of at least 4 members (excludes halogenated alkanes) is 9. The van der Waals surface area contributed by atoms with Crippen LogP contribution in [0.2, 0.25) is 0 Å². The molecule has 6 atom stereocenters. The Morgan fingerprint density at radius 3 is 0.935 bits per heavy atom. The lowest BCUT2D eigenvalue weighted by Crippen LogP contribution is -2.36. The van der Waals surface area contributed by atoms with Crippen LogP contribution in [0.4, 0.5) is 0 Å². The Balaban J connectivity index is 1.92. The van der Waals surface area contributed by atoms with E-state index in [0.717, 1.165) is 113 Å². The van der Waals surface area contributed by atoms with Crippen LogP contribution >= 0.6 is 7.82 Å². The van der Waals surface area contributed by atoms with Crippen LogP contribution in [0, 0.1) is 17.8 Å². The Morgan fingerprint density at radius 2 is 0.694 bits per heavy atom. The highest BCUT2D eigenvalue weighted by molar-refractivity contribution is 7.48. The molecule has 0 radical (unpaired) electrons. The molecule has 0 fully saturated rings. The molecule has 0 aliphatic carbocycles. The molecule has 0 saturated carbocycles. The number of carbonyl (C=O) groups is 3. The summed E-state index contributed by atoms with van der Waals surface area (Å²) in [5, 5.41) is 9.43. The van der Waals surface area contributed by atoms with Gasteiger partial charge in [0.05, 0.1) is 37.9 Å². The van der Waals surface area contributed by atoms with Crippen LogP contribution in [-0.4, -0.2) is 37.5 Å². The molecule has 3 N–H and O–H groups in total. The van der Waals surface area contributed by atoms with E-state index in [2.05, 4.69) is 36.7 Å². The van der Waals surface area contributed by atoms with E-state index in [1.165, 1.54) is 0 Å².